The second-order valence-electron chi connectivity index (χ2n) is 1.28. The number of pyridine rings is 1. The molecule has 0 fully saturated rings. The fraction of sp³-hybridized carbons (Fsp3) is 0. The third-order valence-electron chi connectivity index (χ3n) is 0.706. The molecule has 0 atom stereocenters. The normalized spacial score (nSPS) is 8.71. The van der Waals surface area contributed by atoms with Gasteiger partial charge in [-0.25, -0.2) is 0 Å². The summed E-state index contributed by atoms with van der Waals surface area (Å²) in [7, 11) is 0. The van der Waals surface area contributed by atoms with Gasteiger partial charge in [-0.3, -0.25) is 0 Å². The number of nitrogens with zero attached hydrogens (tertiary/aromatic N) is 1. The van der Waals surface area contributed by atoms with Crippen LogP contribution in [-0.2, 0) is 0 Å². The van der Waals surface area contributed by atoms with Crippen LogP contribution in [0.1, 0.15) is 0 Å². The summed E-state index contributed by atoms with van der Waals surface area (Å²) < 4.78 is 1.39. The maximum atomic E-state index is 3.87. The molecule has 0 bridgehead atoms. The van der Waals surface area contributed by atoms with Gasteiger partial charge < -0.3 is 0 Å². The number of hydrogen-bond donors (Lipinski definition) is 0. The predicted molar refractivity (Wildman–Crippen MR) is 31.0 cm³/mol. The van der Waals surface area contributed by atoms with Crippen LogP contribution in [-0.4, -0.2) is 27.5 Å². The molecule has 1 aromatic heterocycles. The van der Waals surface area contributed by atoms with Gasteiger partial charge in [-0.2, -0.15) is 0 Å². The van der Waals surface area contributed by atoms with E-state index >= 15 is 0 Å². The molecule has 2 heteroatoms. The van der Waals surface area contributed by atoms with Crippen molar-refractivity contribution in [3.05, 3.63) is 24.5 Å². The minimum absolute atomic E-state index is 1.19. The first-order chi connectivity index (χ1) is 3.39. The quantitative estimate of drug-likeness (QED) is 0.517. The van der Waals surface area contributed by atoms with Gasteiger partial charge in [0.1, 0.15) is 0 Å². The fourth-order valence-electron chi connectivity index (χ4n) is 0.363. The van der Waals surface area contributed by atoms with Crippen molar-refractivity contribution in [3.63, 3.8) is 0 Å². The summed E-state index contributed by atoms with van der Waals surface area (Å²) in [5.74, 6) is 0. The summed E-state index contributed by atoms with van der Waals surface area (Å²) in [6.45, 7) is 0. The zero-order valence-electron chi connectivity index (χ0n) is 3.83. The third-order valence-corrected chi connectivity index (χ3v) is 1.80. The molecule has 0 saturated carbocycles. The molecule has 1 rings (SSSR count). The molecule has 1 aromatic rings. The average Bonchev–Trinajstić information content (AvgIpc) is 1.69. The molecule has 0 unspecified atom stereocenters. The Balaban J connectivity index is 3.02. The predicted octanol–water partition coefficient (Wildman–Crippen LogP) is -0.392. The zero-order chi connectivity index (χ0) is 5.11. The summed E-state index contributed by atoms with van der Waals surface area (Å²) >= 11 is 1.19. The topological polar surface area (TPSA) is 12.9 Å². The van der Waals surface area contributed by atoms with Gasteiger partial charge >= 0.3 is 55.6 Å². The summed E-state index contributed by atoms with van der Waals surface area (Å²) in [5, 5.41) is 0. The van der Waals surface area contributed by atoms with E-state index < -0.39 is 0 Å². The van der Waals surface area contributed by atoms with Gasteiger partial charge in [0.05, 0.1) is 0 Å². The first-order valence-corrected chi connectivity index (χ1v) is 3.70. The molecule has 0 saturated heterocycles. The molecule has 7 heavy (non-hydrogen) atoms. The average molecular weight is 198 g/mol. The number of aromatic nitrogens is 1. The molecule has 0 amide bonds. The fourth-order valence-corrected chi connectivity index (χ4v) is 0.855. The Kier molecular flexibility index (Phi) is 1.68. The molecule has 1 nitrogen and oxygen atoms in total. The van der Waals surface area contributed by atoms with Crippen LogP contribution in [0.25, 0.3) is 0 Å². The van der Waals surface area contributed by atoms with Crippen LogP contribution in [0, 0.1) is 0 Å². The summed E-state index contributed by atoms with van der Waals surface area (Å²) in [6, 6.07) is 4.06. The van der Waals surface area contributed by atoms with Gasteiger partial charge in [-0.05, 0) is 0 Å². The van der Waals surface area contributed by atoms with Gasteiger partial charge in [-0.15, -0.1) is 0 Å². The summed E-state index contributed by atoms with van der Waals surface area (Å²) in [5.41, 5.74) is 0. The maximum absolute atomic E-state index is 3.87. The Morgan fingerprint density at radius 3 is 2.14 bits per heavy atom. The SMILES string of the molecule is [SnH][c]1ccncc1. The van der Waals surface area contributed by atoms with Crippen molar-refractivity contribution >= 4 is 26.1 Å². The molecule has 0 aliphatic rings. The van der Waals surface area contributed by atoms with Crippen molar-refractivity contribution in [2.24, 2.45) is 0 Å². The van der Waals surface area contributed by atoms with Gasteiger partial charge in [-0.1, -0.05) is 0 Å². The molecule has 1 heterocycles. The van der Waals surface area contributed by atoms with E-state index in [0.29, 0.717) is 0 Å². The monoisotopic (exact) mass is 199 g/mol. The Hall–Kier alpha value is -0.0513. The van der Waals surface area contributed by atoms with Crippen LogP contribution in [0.4, 0.5) is 0 Å². The molecular formula is C5H5NSn. The number of hydrogen-bond acceptors (Lipinski definition) is 1. The van der Waals surface area contributed by atoms with E-state index in [2.05, 4.69) is 4.98 Å². The standard InChI is InChI=1S/C5H4N.Sn.H/c1-2-4-6-5-3-1;;/h2-5H;;. The van der Waals surface area contributed by atoms with E-state index in [1.807, 2.05) is 24.5 Å². The first-order valence-electron chi connectivity index (χ1n) is 2.05. The van der Waals surface area contributed by atoms with Gasteiger partial charge in [0.2, 0.25) is 0 Å². The minimum atomic E-state index is 1.19. The van der Waals surface area contributed by atoms with Crippen LogP contribution < -0.4 is 3.58 Å². The zero-order valence-corrected chi connectivity index (χ0v) is 7.13. The third kappa shape index (κ3) is 1.47. The van der Waals surface area contributed by atoms with Gasteiger partial charge in [0, 0.05) is 0 Å². The Bertz CT molecular complexity index is 138. The molecule has 34 valence electrons. The van der Waals surface area contributed by atoms with E-state index in [-0.39, 0.29) is 0 Å². The Morgan fingerprint density at radius 2 is 1.86 bits per heavy atom. The van der Waals surface area contributed by atoms with Crippen molar-refractivity contribution in [2.45, 2.75) is 0 Å². The van der Waals surface area contributed by atoms with Crippen molar-refractivity contribution in [2.75, 3.05) is 0 Å². The van der Waals surface area contributed by atoms with Crippen LogP contribution in [0.15, 0.2) is 24.5 Å². The van der Waals surface area contributed by atoms with Gasteiger partial charge in [0.25, 0.3) is 0 Å². The van der Waals surface area contributed by atoms with E-state index in [1.165, 1.54) is 26.1 Å². The van der Waals surface area contributed by atoms with E-state index in [0.717, 1.165) is 0 Å². The summed E-state index contributed by atoms with van der Waals surface area (Å²) in [4.78, 5) is 3.87. The van der Waals surface area contributed by atoms with Crippen LogP contribution in [0.5, 0.6) is 0 Å². The molecular weight excluding hydrogens is 193 g/mol. The molecule has 0 aliphatic heterocycles. The first kappa shape index (κ1) is 5.09. The number of rotatable bonds is 0. The molecule has 0 spiro atoms. The van der Waals surface area contributed by atoms with E-state index in [9.17, 15) is 0 Å². The van der Waals surface area contributed by atoms with Crippen molar-refractivity contribution in [1.82, 2.24) is 4.98 Å². The van der Waals surface area contributed by atoms with Crippen LogP contribution >= 0.6 is 0 Å². The Morgan fingerprint density at radius 1 is 1.29 bits per heavy atom. The van der Waals surface area contributed by atoms with E-state index in [1.54, 1.807) is 0 Å². The van der Waals surface area contributed by atoms with Crippen LogP contribution in [0.2, 0.25) is 0 Å². The van der Waals surface area contributed by atoms with Crippen LogP contribution in [0.3, 0.4) is 0 Å². The van der Waals surface area contributed by atoms with Crippen molar-refractivity contribution in [3.8, 4) is 0 Å². The molecule has 2 radical (unpaired) electrons. The second-order valence-corrected chi connectivity index (χ2v) is 3.18. The summed E-state index contributed by atoms with van der Waals surface area (Å²) in [6.07, 6.45) is 3.64. The molecule has 0 aromatic carbocycles. The van der Waals surface area contributed by atoms with Crippen molar-refractivity contribution in [1.29, 1.82) is 0 Å². The Labute approximate surface area is 55.9 Å². The molecule has 0 aliphatic carbocycles. The van der Waals surface area contributed by atoms with Crippen molar-refractivity contribution < 1.29 is 0 Å². The second kappa shape index (κ2) is 2.31. The van der Waals surface area contributed by atoms with Gasteiger partial charge in [0.15, 0.2) is 0 Å². The molecule has 0 N–H and O–H groups in total. The van der Waals surface area contributed by atoms with E-state index in [4.69, 9.17) is 0 Å².